The summed E-state index contributed by atoms with van der Waals surface area (Å²) in [5.74, 6) is -0.102. The summed E-state index contributed by atoms with van der Waals surface area (Å²) in [6.07, 6.45) is 2.86. The van der Waals surface area contributed by atoms with Gasteiger partial charge in [0, 0.05) is 31.7 Å². The summed E-state index contributed by atoms with van der Waals surface area (Å²) in [4.78, 5) is 12.1. The fraction of sp³-hybridized carbons (Fsp3) is 0.333. The van der Waals surface area contributed by atoms with Crippen molar-refractivity contribution in [2.45, 2.75) is 6.10 Å². The molecule has 1 aromatic heterocycles. The molecule has 0 radical (unpaired) electrons. The molecule has 118 valence electrons. The Bertz CT molecular complexity index is 617. The zero-order valence-electron chi connectivity index (χ0n) is 12.0. The number of carbonyl (C=O) groups excluding carboxylic acids is 1. The molecule has 7 heteroatoms. The number of β-amino-alcohol motifs (C(OH)–C–C–N with tert-alkyl or cyclic N) is 1. The summed E-state index contributed by atoms with van der Waals surface area (Å²) in [5, 5.41) is 19.8. The highest BCUT2D eigenvalue weighted by Gasteiger charge is 2.25. The van der Waals surface area contributed by atoms with Crippen molar-refractivity contribution < 1.29 is 9.90 Å². The van der Waals surface area contributed by atoms with Crippen molar-refractivity contribution in [3.8, 4) is 5.69 Å². The Hall–Kier alpha value is -1.89. The Balaban J connectivity index is 0.00000176. The Morgan fingerprint density at radius 3 is 2.82 bits per heavy atom. The first-order valence-electron chi connectivity index (χ1n) is 7.01. The second kappa shape index (κ2) is 7.40. The van der Waals surface area contributed by atoms with Gasteiger partial charge in [0.1, 0.15) is 0 Å². The van der Waals surface area contributed by atoms with Gasteiger partial charge in [0.05, 0.1) is 23.6 Å². The van der Waals surface area contributed by atoms with Crippen molar-refractivity contribution >= 4 is 18.3 Å². The molecular weight excluding hydrogens is 304 g/mol. The van der Waals surface area contributed by atoms with E-state index < -0.39 is 6.10 Å². The standard InChI is InChI=1S/C15H18N4O2.ClH/c20-14-9-16-6-11(14)7-17-15(21)12-8-18-19(10-12)13-4-2-1-3-5-13;/h1-5,8,10-11,14,16,20H,6-7,9H2,(H,17,21);1H. The smallest absolute Gasteiger partial charge is 0.254 e. The van der Waals surface area contributed by atoms with Crippen molar-refractivity contribution in [2.75, 3.05) is 19.6 Å². The summed E-state index contributed by atoms with van der Waals surface area (Å²) in [5.41, 5.74) is 1.42. The molecule has 1 amide bonds. The monoisotopic (exact) mass is 322 g/mol. The van der Waals surface area contributed by atoms with E-state index in [1.165, 1.54) is 0 Å². The largest absolute Gasteiger partial charge is 0.391 e. The molecule has 2 unspecified atom stereocenters. The minimum atomic E-state index is -0.391. The van der Waals surface area contributed by atoms with Gasteiger partial charge in [-0.05, 0) is 12.1 Å². The number of hydrogen-bond acceptors (Lipinski definition) is 4. The van der Waals surface area contributed by atoms with E-state index >= 15 is 0 Å². The van der Waals surface area contributed by atoms with Gasteiger partial charge >= 0.3 is 0 Å². The number of aliphatic hydroxyl groups excluding tert-OH is 1. The Kier molecular flexibility index (Phi) is 5.54. The van der Waals surface area contributed by atoms with Crippen LogP contribution in [-0.4, -0.2) is 46.5 Å². The third kappa shape index (κ3) is 3.65. The van der Waals surface area contributed by atoms with Crippen LogP contribution in [0, 0.1) is 5.92 Å². The first-order chi connectivity index (χ1) is 10.2. The molecule has 2 aromatic rings. The van der Waals surface area contributed by atoms with Gasteiger partial charge in [0.2, 0.25) is 0 Å². The zero-order chi connectivity index (χ0) is 14.7. The van der Waals surface area contributed by atoms with E-state index in [0.717, 1.165) is 12.2 Å². The molecule has 1 aliphatic rings. The van der Waals surface area contributed by atoms with Gasteiger partial charge in [-0.3, -0.25) is 4.79 Å². The van der Waals surface area contributed by atoms with Gasteiger partial charge < -0.3 is 15.7 Å². The molecule has 0 saturated carbocycles. The first kappa shape index (κ1) is 16.5. The molecule has 1 saturated heterocycles. The van der Waals surface area contributed by atoms with Crippen molar-refractivity contribution in [3.63, 3.8) is 0 Å². The van der Waals surface area contributed by atoms with Gasteiger partial charge in [-0.1, -0.05) is 18.2 Å². The first-order valence-corrected chi connectivity index (χ1v) is 7.01. The van der Waals surface area contributed by atoms with Crippen LogP contribution in [0.2, 0.25) is 0 Å². The number of benzene rings is 1. The van der Waals surface area contributed by atoms with Gasteiger partial charge in [-0.15, -0.1) is 12.4 Å². The van der Waals surface area contributed by atoms with E-state index in [-0.39, 0.29) is 24.2 Å². The number of halogens is 1. The lowest BCUT2D eigenvalue weighted by Crippen LogP contribution is -2.34. The van der Waals surface area contributed by atoms with Crippen LogP contribution in [0.1, 0.15) is 10.4 Å². The zero-order valence-corrected chi connectivity index (χ0v) is 12.8. The Labute approximate surface area is 134 Å². The highest BCUT2D eigenvalue weighted by Crippen LogP contribution is 2.09. The number of aliphatic hydroxyl groups is 1. The number of carbonyl (C=O) groups is 1. The molecule has 3 rings (SSSR count). The molecule has 0 aliphatic carbocycles. The number of rotatable bonds is 4. The maximum absolute atomic E-state index is 12.1. The quantitative estimate of drug-likeness (QED) is 0.770. The van der Waals surface area contributed by atoms with Crippen LogP contribution >= 0.6 is 12.4 Å². The normalized spacial score (nSPS) is 20.4. The van der Waals surface area contributed by atoms with Gasteiger partial charge in [0.25, 0.3) is 5.91 Å². The number of nitrogens with zero attached hydrogens (tertiary/aromatic N) is 2. The van der Waals surface area contributed by atoms with Crippen LogP contribution in [0.15, 0.2) is 42.7 Å². The molecule has 2 heterocycles. The molecular formula is C15H19ClN4O2. The molecule has 1 aliphatic heterocycles. The highest BCUT2D eigenvalue weighted by molar-refractivity contribution is 5.93. The molecule has 2 atom stereocenters. The van der Waals surface area contributed by atoms with Crippen LogP contribution in [-0.2, 0) is 0 Å². The lowest BCUT2D eigenvalue weighted by molar-refractivity contribution is 0.0927. The summed E-state index contributed by atoms with van der Waals surface area (Å²) in [7, 11) is 0. The van der Waals surface area contributed by atoms with Crippen molar-refractivity contribution in [1.82, 2.24) is 20.4 Å². The van der Waals surface area contributed by atoms with E-state index in [1.807, 2.05) is 30.3 Å². The Morgan fingerprint density at radius 1 is 1.36 bits per heavy atom. The van der Waals surface area contributed by atoms with E-state index in [9.17, 15) is 9.90 Å². The summed E-state index contributed by atoms with van der Waals surface area (Å²) in [6, 6.07) is 9.63. The Morgan fingerprint density at radius 2 is 2.14 bits per heavy atom. The van der Waals surface area contributed by atoms with Crippen LogP contribution in [0.5, 0.6) is 0 Å². The minimum Gasteiger partial charge on any atom is -0.391 e. The second-order valence-corrected chi connectivity index (χ2v) is 5.20. The third-order valence-electron chi connectivity index (χ3n) is 3.69. The topological polar surface area (TPSA) is 79.2 Å². The SMILES string of the molecule is Cl.O=C(NCC1CNCC1O)c1cnn(-c2ccccc2)c1. The summed E-state index contributed by atoms with van der Waals surface area (Å²) in [6.45, 7) is 1.78. The van der Waals surface area contributed by atoms with Crippen LogP contribution < -0.4 is 10.6 Å². The number of nitrogens with one attached hydrogen (secondary N) is 2. The van der Waals surface area contributed by atoms with Crippen molar-refractivity contribution in [3.05, 3.63) is 48.3 Å². The number of hydrogen-bond donors (Lipinski definition) is 3. The van der Waals surface area contributed by atoms with Gasteiger partial charge in [0.15, 0.2) is 0 Å². The van der Waals surface area contributed by atoms with Crippen molar-refractivity contribution in [2.24, 2.45) is 5.92 Å². The average Bonchev–Trinajstić information content (AvgIpc) is 3.15. The van der Waals surface area contributed by atoms with Gasteiger partial charge in [-0.2, -0.15) is 5.10 Å². The molecule has 1 aromatic carbocycles. The van der Waals surface area contributed by atoms with E-state index in [4.69, 9.17) is 0 Å². The molecule has 22 heavy (non-hydrogen) atoms. The molecule has 1 fully saturated rings. The third-order valence-corrected chi connectivity index (χ3v) is 3.69. The maximum Gasteiger partial charge on any atom is 0.254 e. The van der Waals surface area contributed by atoms with E-state index in [1.54, 1.807) is 17.1 Å². The fourth-order valence-corrected chi connectivity index (χ4v) is 2.42. The van der Waals surface area contributed by atoms with E-state index in [2.05, 4.69) is 15.7 Å². The molecule has 3 N–H and O–H groups in total. The summed E-state index contributed by atoms with van der Waals surface area (Å²) < 4.78 is 1.67. The summed E-state index contributed by atoms with van der Waals surface area (Å²) >= 11 is 0. The second-order valence-electron chi connectivity index (χ2n) is 5.20. The van der Waals surface area contributed by atoms with Gasteiger partial charge in [-0.25, -0.2) is 4.68 Å². The lowest BCUT2D eigenvalue weighted by Gasteiger charge is -2.13. The van der Waals surface area contributed by atoms with Crippen LogP contribution in [0.4, 0.5) is 0 Å². The fourth-order valence-electron chi connectivity index (χ4n) is 2.42. The maximum atomic E-state index is 12.1. The number of aromatic nitrogens is 2. The predicted molar refractivity (Wildman–Crippen MR) is 85.5 cm³/mol. The predicted octanol–water partition coefficient (Wildman–Crippen LogP) is 0.604. The van der Waals surface area contributed by atoms with Crippen LogP contribution in [0.3, 0.4) is 0 Å². The lowest BCUT2D eigenvalue weighted by atomic mass is 10.1. The van der Waals surface area contributed by atoms with E-state index in [0.29, 0.717) is 18.7 Å². The highest BCUT2D eigenvalue weighted by atomic mass is 35.5. The number of amides is 1. The molecule has 6 nitrogen and oxygen atoms in total. The van der Waals surface area contributed by atoms with Crippen LogP contribution in [0.25, 0.3) is 5.69 Å². The molecule has 0 bridgehead atoms. The average molecular weight is 323 g/mol. The number of para-hydroxylation sites is 1. The van der Waals surface area contributed by atoms with Crippen molar-refractivity contribution in [1.29, 1.82) is 0 Å². The molecule has 0 spiro atoms. The minimum absolute atomic E-state index is 0.